The molecule has 104 valence electrons. The van der Waals surface area contributed by atoms with Crippen LogP contribution in [0.15, 0.2) is 0 Å². The van der Waals surface area contributed by atoms with E-state index in [2.05, 4.69) is 0 Å². The van der Waals surface area contributed by atoms with Gasteiger partial charge in [-0.25, -0.2) is 0 Å². The third-order valence-corrected chi connectivity index (χ3v) is 5.14. The van der Waals surface area contributed by atoms with E-state index in [0.29, 0.717) is 19.8 Å². The second-order valence-corrected chi connectivity index (χ2v) is 6.42. The number of rotatable bonds is 12. The average molecular weight is 268 g/mol. The van der Waals surface area contributed by atoms with Crippen molar-refractivity contribution in [1.82, 2.24) is 0 Å². The summed E-state index contributed by atoms with van der Waals surface area (Å²) in [4.78, 5) is 0. The third-order valence-electron chi connectivity index (χ3n) is 2.30. The molecular formula is C10H24O6Si. The fourth-order valence-electron chi connectivity index (χ4n) is 1.27. The second kappa shape index (κ2) is 11.1. The molecule has 0 spiro atoms. The highest BCUT2D eigenvalue weighted by molar-refractivity contribution is 6.60. The van der Waals surface area contributed by atoms with Crippen LogP contribution in [0.5, 0.6) is 0 Å². The van der Waals surface area contributed by atoms with Gasteiger partial charge in [-0.15, -0.1) is 0 Å². The highest BCUT2D eigenvalue weighted by Crippen LogP contribution is 2.14. The van der Waals surface area contributed by atoms with Crippen molar-refractivity contribution >= 4 is 8.80 Å². The van der Waals surface area contributed by atoms with Crippen molar-refractivity contribution in [2.45, 2.75) is 12.5 Å². The maximum absolute atomic E-state index is 5.29. The van der Waals surface area contributed by atoms with Crippen LogP contribution >= 0.6 is 0 Å². The average Bonchev–Trinajstić information content (AvgIpc) is 2.38. The third kappa shape index (κ3) is 7.82. The standard InChI is InChI=1S/C10H24O6Si/c1-11-7-8-16-10-15-6-5-9-17(12-2,13-3)14-4/h5-10H2,1-4H3. The molecule has 0 aliphatic rings. The summed E-state index contributed by atoms with van der Waals surface area (Å²) in [7, 11) is 4.01. The lowest BCUT2D eigenvalue weighted by atomic mass is 10.5. The molecule has 0 radical (unpaired) electrons. The Bertz CT molecular complexity index is 157. The van der Waals surface area contributed by atoms with Crippen LogP contribution in [0.3, 0.4) is 0 Å². The molecule has 0 atom stereocenters. The molecule has 0 saturated carbocycles. The van der Waals surface area contributed by atoms with E-state index in [9.17, 15) is 0 Å². The lowest BCUT2D eigenvalue weighted by Gasteiger charge is -2.24. The maximum Gasteiger partial charge on any atom is 0.500 e. The fraction of sp³-hybridized carbons (Fsp3) is 1.00. The smallest absolute Gasteiger partial charge is 0.382 e. The molecule has 0 aromatic rings. The first-order valence-electron chi connectivity index (χ1n) is 5.54. The summed E-state index contributed by atoms with van der Waals surface area (Å²) in [5.74, 6) is 0. The van der Waals surface area contributed by atoms with E-state index in [1.54, 1.807) is 28.4 Å². The van der Waals surface area contributed by atoms with Crippen LogP contribution in [0, 0.1) is 0 Å². The van der Waals surface area contributed by atoms with Crippen LogP contribution in [-0.4, -0.2) is 63.9 Å². The molecule has 0 N–H and O–H groups in total. The van der Waals surface area contributed by atoms with Gasteiger partial charge in [0.1, 0.15) is 6.79 Å². The van der Waals surface area contributed by atoms with Gasteiger partial charge in [0.25, 0.3) is 0 Å². The van der Waals surface area contributed by atoms with Crippen LogP contribution in [0.4, 0.5) is 0 Å². The van der Waals surface area contributed by atoms with Crippen molar-refractivity contribution in [3.8, 4) is 0 Å². The predicted molar refractivity (Wildman–Crippen MR) is 64.9 cm³/mol. The van der Waals surface area contributed by atoms with Gasteiger partial charge in [0.2, 0.25) is 0 Å². The van der Waals surface area contributed by atoms with E-state index in [1.807, 2.05) is 0 Å². The van der Waals surface area contributed by atoms with Gasteiger partial charge in [-0.3, -0.25) is 0 Å². The van der Waals surface area contributed by atoms with E-state index in [0.717, 1.165) is 12.5 Å². The summed E-state index contributed by atoms with van der Waals surface area (Å²) in [6.07, 6.45) is 0.815. The lowest BCUT2D eigenvalue weighted by Crippen LogP contribution is -2.42. The van der Waals surface area contributed by atoms with Crippen molar-refractivity contribution in [3.63, 3.8) is 0 Å². The van der Waals surface area contributed by atoms with Crippen molar-refractivity contribution < 1.29 is 27.5 Å². The van der Waals surface area contributed by atoms with Gasteiger partial charge in [0, 0.05) is 41.1 Å². The summed E-state index contributed by atoms with van der Waals surface area (Å²) in [6, 6.07) is 0.731. The molecule has 0 aliphatic carbocycles. The van der Waals surface area contributed by atoms with Crippen molar-refractivity contribution in [1.29, 1.82) is 0 Å². The molecule has 0 bridgehead atoms. The highest BCUT2D eigenvalue weighted by atomic mass is 28.4. The zero-order valence-corrected chi connectivity index (χ0v) is 12.2. The van der Waals surface area contributed by atoms with Crippen molar-refractivity contribution in [2.75, 3.05) is 55.1 Å². The number of hydrogen-bond acceptors (Lipinski definition) is 6. The van der Waals surface area contributed by atoms with Crippen molar-refractivity contribution in [2.24, 2.45) is 0 Å². The first-order valence-corrected chi connectivity index (χ1v) is 7.47. The Morgan fingerprint density at radius 3 is 1.88 bits per heavy atom. The first-order chi connectivity index (χ1) is 8.24. The lowest BCUT2D eigenvalue weighted by molar-refractivity contribution is -0.0659. The molecule has 0 amide bonds. The SMILES string of the molecule is COCCOCOCCC[Si](OC)(OC)OC. The van der Waals surface area contributed by atoms with Crippen molar-refractivity contribution in [3.05, 3.63) is 0 Å². The summed E-state index contributed by atoms with van der Waals surface area (Å²) >= 11 is 0. The van der Waals surface area contributed by atoms with Crippen LogP contribution in [0.25, 0.3) is 0 Å². The molecular weight excluding hydrogens is 244 g/mol. The Balaban J connectivity index is 3.43. The van der Waals surface area contributed by atoms with E-state index < -0.39 is 8.80 Å². The maximum atomic E-state index is 5.29. The largest absolute Gasteiger partial charge is 0.500 e. The minimum absolute atomic E-state index is 0.283. The predicted octanol–water partition coefficient (Wildman–Crippen LogP) is 0.892. The summed E-state index contributed by atoms with van der Waals surface area (Å²) < 4.78 is 31.1. The van der Waals surface area contributed by atoms with Crippen LogP contribution in [0.1, 0.15) is 6.42 Å². The molecule has 0 aromatic heterocycles. The normalized spacial score (nSPS) is 12.0. The van der Waals surface area contributed by atoms with Gasteiger partial charge in [-0.1, -0.05) is 0 Å². The summed E-state index contributed by atoms with van der Waals surface area (Å²) in [5, 5.41) is 0. The Labute approximate surface area is 104 Å². The molecule has 0 heterocycles. The summed E-state index contributed by atoms with van der Waals surface area (Å²) in [5.41, 5.74) is 0. The Hall–Kier alpha value is -0.0231. The molecule has 17 heavy (non-hydrogen) atoms. The fourth-order valence-corrected chi connectivity index (χ4v) is 2.96. The topological polar surface area (TPSA) is 55.4 Å². The van der Waals surface area contributed by atoms with Gasteiger partial charge in [0.15, 0.2) is 0 Å². The first kappa shape index (κ1) is 17.0. The van der Waals surface area contributed by atoms with Gasteiger partial charge >= 0.3 is 8.80 Å². The molecule has 0 unspecified atom stereocenters. The minimum atomic E-state index is -2.44. The highest BCUT2D eigenvalue weighted by Gasteiger charge is 2.36. The van der Waals surface area contributed by atoms with E-state index in [1.165, 1.54) is 0 Å². The Kier molecular flexibility index (Phi) is 11.1. The van der Waals surface area contributed by atoms with E-state index in [-0.39, 0.29) is 6.79 Å². The molecule has 0 rings (SSSR count). The molecule has 0 aliphatic heterocycles. The molecule has 0 fully saturated rings. The number of hydrogen-bond donors (Lipinski definition) is 0. The van der Waals surface area contributed by atoms with Gasteiger partial charge in [-0.2, -0.15) is 0 Å². The molecule has 0 saturated heterocycles. The molecule has 6 nitrogen and oxygen atoms in total. The van der Waals surface area contributed by atoms with E-state index >= 15 is 0 Å². The molecule has 0 aromatic carbocycles. The second-order valence-electron chi connectivity index (χ2n) is 3.33. The van der Waals surface area contributed by atoms with Gasteiger partial charge in [-0.05, 0) is 6.42 Å². The summed E-state index contributed by atoms with van der Waals surface area (Å²) in [6.45, 7) is 2.00. The quantitative estimate of drug-likeness (QED) is 0.298. The zero-order chi connectivity index (χ0) is 13.0. The Morgan fingerprint density at radius 1 is 0.765 bits per heavy atom. The minimum Gasteiger partial charge on any atom is -0.382 e. The van der Waals surface area contributed by atoms with Crippen LogP contribution < -0.4 is 0 Å². The van der Waals surface area contributed by atoms with E-state index in [4.69, 9.17) is 27.5 Å². The number of ether oxygens (including phenoxy) is 3. The Morgan fingerprint density at radius 2 is 1.35 bits per heavy atom. The van der Waals surface area contributed by atoms with Crippen LogP contribution in [0.2, 0.25) is 6.04 Å². The monoisotopic (exact) mass is 268 g/mol. The van der Waals surface area contributed by atoms with Gasteiger partial charge in [0.05, 0.1) is 13.2 Å². The van der Waals surface area contributed by atoms with Crippen LogP contribution in [-0.2, 0) is 27.5 Å². The zero-order valence-electron chi connectivity index (χ0n) is 11.2. The molecule has 7 heteroatoms. The number of methoxy groups -OCH3 is 1. The van der Waals surface area contributed by atoms with Gasteiger partial charge < -0.3 is 27.5 Å².